The zero-order valence-electron chi connectivity index (χ0n) is 15.3. The molecule has 0 unspecified atom stereocenters. The molecular weight excluding hydrogens is 394 g/mol. The van der Waals surface area contributed by atoms with E-state index in [0.717, 1.165) is 24.1 Å². The van der Waals surface area contributed by atoms with Gasteiger partial charge < -0.3 is 15.6 Å². The van der Waals surface area contributed by atoms with E-state index in [1.165, 1.54) is 18.2 Å². The van der Waals surface area contributed by atoms with E-state index in [-0.39, 0.29) is 28.9 Å². The zero-order chi connectivity index (χ0) is 20.5. The van der Waals surface area contributed by atoms with Crippen molar-refractivity contribution in [1.29, 1.82) is 0 Å². The minimum Gasteiger partial charge on any atom is -0.393 e. The highest BCUT2D eigenvalue weighted by molar-refractivity contribution is 6.33. The van der Waals surface area contributed by atoms with Gasteiger partial charge in [0.05, 0.1) is 22.9 Å². The number of anilines is 1. The van der Waals surface area contributed by atoms with Crippen molar-refractivity contribution in [2.24, 2.45) is 0 Å². The summed E-state index contributed by atoms with van der Waals surface area (Å²) in [6.07, 6.45) is 3.26. The Labute approximate surface area is 171 Å². The average Bonchev–Trinajstić information content (AvgIpc) is 3.37. The monoisotopic (exact) mass is 411 g/mol. The van der Waals surface area contributed by atoms with Crippen molar-refractivity contribution in [3.05, 3.63) is 75.2 Å². The van der Waals surface area contributed by atoms with Crippen LogP contribution in [0.1, 0.15) is 35.1 Å². The van der Waals surface area contributed by atoms with Gasteiger partial charge >= 0.3 is 0 Å². The molecule has 29 heavy (non-hydrogen) atoms. The van der Waals surface area contributed by atoms with Gasteiger partial charge in [0.1, 0.15) is 11.5 Å². The molecule has 8 nitrogen and oxygen atoms in total. The van der Waals surface area contributed by atoms with E-state index in [0.29, 0.717) is 17.4 Å². The molecule has 1 aliphatic heterocycles. The molecule has 1 aliphatic rings. The zero-order valence-corrected chi connectivity index (χ0v) is 16.1. The second kappa shape index (κ2) is 7.56. The van der Waals surface area contributed by atoms with E-state index < -0.39 is 4.92 Å². The van der Waals surface area contributed by atoms with Gasteiger partial charge in [-0.3, -0.25) is 14.9 Å². The molecule has 1 saturated heterocycles. The molecule has 2 heterocycles. The summed E-state index contributed by atoms with van der Waals surface area (Å²) in [5.74, 6) is 0.377. The fourth-order valence-corrected chi connectivity index (χ4v) is 3.85. The van der Waals surface area contributed by atoms with Crippen molar-refractivity contribution < 1.29 is 9.72 Å². The van der Waals surface area contributed by atoms with Crippen LogP contribution in [0.3, 0.4) is 0 Å². The first kappa shape index (κ1) is 18.9. The SMILES string of the molecule is Nc1ccc(C(=O)N2CCC[C@H]2c2ncc(-c3ccccc3Cl)[nH]2)cc1[N+](=O)[O-]. The Kier molecular flexibility index (Phi) is 4.94. The number of nitrogens with one attached hydrogen (secondary N) is 1. The number of carbonyl (C=O) groups is 1. The molecule has 0 bridgehead atoms. The predicted molar refractivity (Wildman–Crippen MR) is 110 cm³/mol. The molecule has 3 N–H and O–H groups in total. The summed E-state index contributed by atoms with van der Waals surface area (Å²) < 4.78 is 0. The number of aromatic amines is 1. The number of benzene rings is 2. The lowest BCUT2D eigenvalue weighted by Crippen LogP contribution is -2.31. The maximum absolute atomic E-state index is 13.0. The Bertz CT molecular complexity index is 1100. The lowest BCUT2D eigenvalue weighted by Gasteiger charge is -2.23. The van der Waals surface area contributed by atoms with Crippen molar-refractivity contribution in [2.45, 2.75) is 18.9 Å². The molecular formula is C20H18ClN5O3. The summed E-state index contributed by atoms with van der Waals surface area (Å²) in [6, 6.07) is 11.3. The summed E-state index contributed by atoms with van der Waals surface area (Å²) in [4.78, 5) is 33.0. The van der Waals surface area contributed by atoms with E-state index in [2.05, 4.69) is 9.97 Å². The maximum Gasteiger partial charge on any atom is 0.292 e. The Morgan fingerprint density at radius 1 is 1.31 bits per heavy atom. The number of nitrogens with zero attached hydrogens (tertiary/aromatic N) is 3. The van der Waals surface area contributed by atoms with E-state index in [4.69, 9.17) is 17.3 Å². The second-order valence-electron chi connectivity index (χ2n) is 6.85. The van der Waals surface area contributed by atoms with Gasteiger partial charge in [0.2, 0.25) is 0 Å². The highest BCUT2D eigenvalue weighted by atomic mass is 35.5. The van der Waals surface area contributed by atoms with Crippen molar-refractivity contribution in [2.75, 3.05) is 12.3 Å². The number of nitrogen functional groups attached to an aromatic ring is 1. The molecule has 2 aromatic carbocycles. The van der Waals surface area contributed by atoms with Gasteiger partial charge in [0.15, 0.2) is 0 Å². The molecule has 0 aliphatic carbocycles. The minimum absolute atomic E-state index is 0.0277. The van der Waals surface area contributed by atoms with Crippen LogP contribution in [0.25, 0.3) is 11.3 Å². The summed E-state index contributed by atoms with van der Waals surface area (Å²) in [7, 11) is 0. The number of amides is 1. The molecule has 1 aromatic heterocycles. The number of nitro benzene ring substituents is 1. The summed E-state index contributed by atoms with van der Waals surface area (Å²) in [5, 5.41) is 11.8. The van der Waals surface area contributed by atoms with Crippen LogP contribution in [0.2, 0.25) is 5.02 Å². The average molecular weight is 412 g/mol. The number of likely N-dealkylation sites (tertiary alicyclic amines) is 1. The Morgan fingerprint density at radius 3 is 2.86 bits per heavy atom. The number of nitro groups is 1. The molecule has 1 atom stereocenters. The van der Waals surface area contributed by atoms with Gasteiger partial charge in [-0.2, -0.15) is 0 Å². The lowest BCUT2D eigenvalue weighted by molar-refractivity contribution is -0.383. The number of imidazole rings is 1. The van der Waals surface area contributed by atoms with Crippen LogP contribution in [0.15, 0.2) is 48.7 Å². The molecule has 1 fully saturated rings. The number of nitrogens with two attached hydrogens (primary N) is 1. The normalized spacial score (nSPS) is 16.2. The highest BCUT2D eigenvalue weighted by Crippen LogP contribution is 2.34. The van der Waals surface area contributed by atoms with Gasteiger partial charge in [0.25, 0.3) is 11.6 Å². The van der Waals surface area contributed by atoms with E-state index in [1.54, 1.807) is 17.2 Å². The van der Waals surface area contributed by atoms with Gasteiger partial charge in [-0.05, 0) is 31.0 Å². The first-order valence-electron chi connectivity index (χ1n) is 9.10. The molecule has 0 spiro atoms. The molecule has 1 amide bonds. The number of aromatic nitrogens is 2. The first-order chi connectivity index (χ1) is 14.0. The third-order valence-electron chi connectivity index (χ3n) is 5.06. The fourth-order valence-electron chi connectivity index (χ4n) is 3.62. The minimum atomic E-state index is -0.587. The van der Waals surface area contributed by atoms with Crippen LogP contribution in [0.4, 0.5) is 11.4 Å². The quantitative estimate of drug-likeness (QED) is 0.379. The van der Waals surface area contributed by atoms with Crippen LogP contribution in [-0.2, 0) is 0 Å². The molecule has 0 radical (unpaired) electrons. The Hall–Kier alpha value is -3.39. The van der Waals surface area contributed by atoms with E-state index in [9.17, 15) is 14.9 Å². The van der Waals surface area contributed by atoms with Crippen LogP contribution >= 0.6 is 11.6 Å². The molecule has 0 saturated carbocycles. The number of H-pyrrole nitrogens is 1. The number of halogens is 1. The van der Waals surface area contributed by atoms with Crippen molar-refractivity contribution in [3.8, 4) is 11.3 Å². The number of hydrogen-bond acceptors (Lipinski definition) is 5. The van der Waals surface area contributed by atoms with Gasteiger partial charge in [0, 0.05) is 28.8 Å². The number of hydrogen-bond donors (Lipinski definition) is 2. The summed E-state index contributed by atoms with van der Waals surface area (Å²) in [6.45, 7) is 0.545. The standard InChI is InChI=1S/C20H18ClN5O3/c21-14-5-2-1-4-13(14)16-11-23-19(24-16)17-6-3-9-25(17)20(27)12-7-8-15(22)18(10-12)26(28)29/h1-2,4-5,7-8,10-11,17H,3,6,9,22H2,(H,23,24)/t17-/m0/s1. The number of carbonyl (C=O) groups excluding carboxylic acids is 1. The Morgan fingerprint density at radius 2 is 2.10 bits per heavy atom. The van der Waals surface area contributed by atoms with Crippen molar-refractivity contribution in [1.82, 2.24) is 14.9 Å². The van der Waals surface area contributed by atoms with Crippen LogP contribution in [0, 0.1) is 10.1 Å². The lowest BCUT2D eigenvalue weighted by atomic mass is 10.1. The van der Waals surface area contributed by atoms with Crippen LogP contribution in [-0.4, -0.2) is 32.2 Å². The smallest absolute Gasteiger partial charge is 0.292 e. The second-order valence-corrected chi connectivity index (χ2v) is 7.26. The van der Waals surface area contributed by atoms with Gasteiger partial charge in [-0.1, -0.05) is 29.8 Å². The fraction of sp³-hybridized carbons (Fsp3) is 0.200. The van der Waals surface area contributed by atoms with Crippen molar-refractivity contribution >= 4 is 28.9 Å². The summed E-state index contributed by atoms with van der Waals surface area (Å²) >= 11 is 6.26. The third kappa shape index (κ3) is 3.54. The molecule has 148 valence electrons. The molecule has 3 aromatic rings. The van der Waals surface area contributed by atoms with E-state index in [1.807, 2.05) is 18.2 Å². The topological polar surface area (TPSA) is 118 Å². The third-order valence-corrected chi connectivity index (χ3v) is 5.39. The summed E-state index contributed by atoms with van der Waals surface area (Å²) in [5.41, 5.74) is 7.23. The molecule has 4 rings (SSSR count). The van der Waals surface area contributed by atoms with E-state index >= 15 is 0 Å². The van der Waals surface area contributed by atoms with Crippen LogP contribution < -0.4 is 5.73 Å². The molecule has 9 heteroatoms. The van der Waals surface area contributed by atoms with Crippen molar-refractivity contribution in [3.63, 3.8) is 0 Å². The largest absolute Gasteiger partial charge is 0.393 e. The number of rotatable bonds is 4. The van der Waals surface area contributed by atoms with Gasteiger partial charge in [-0.15, -0.1) is 0 Å². The predicted octanol–water partition coefficient (Wildman–Crippen LogP) is 4.20. The maximum atomic E-state index is 13.0. The van der Waals surface area contributed by atoms with Gasteiger partial charge in [-0.25, -0.2) is 4.98 Å². The Balaban J connectivity index is 1.62. The van der Waals surface area contributed by atoms with Crippen LogP contribution in [0.5, 0.6) is 0 Å². The first-order valence-corrected chi connectivity index (χ1v) is 9.48. The highest BCUT2D eigenvalue weighted by Gasteiger charge is 2.33.